The fourth-order valence-corrected chi connectivity index (χ4v) is 3.69. The van der Waals surface area contributed by atoms with Crippen molar-refractivity contribution in [1.29, 1.82) is 0 Å². The molecule has 2 aliphatic rings. The van der Waals surface area contributed by atoms with Crippen LogP contribution in [0.15, 0.2) is 24.3 Å². The molecule has 1 aromatic carbocycles. The monoisotopic (exact) mass is 274 g/mol. The van der Waals surface area contributed by atoms with Crippen LogP contribution in [0.25, 0.3) is 0 Å². The maximum absolute atomic E-state index is 6.17. The standard InChI is InChI=1S/C17H26N2O/c18-14-17(7-2-1-3-8-17)15-5-4-6-16(13-15)19-9-11-20-12-10-19/h4-6,13H,1-3,7-12,14,18H2. The number of benzene rings is 1. The molecule has 1 saturated carbocycles. The van der Waals surface area contributed by atoms with Crippen LogP contribution in [0, 0.1) is 0 Å². The highest BCUT2D eigenvalue weighted by Gasteiger charge is 2.32. The highest BCUT2D eigenvalue weighted by molar-refractivity contribution is 5.50. The largest absolute Gasteiger partial charge is 0.378 e. The van der Waals surface area contributed by atoms with Gasteiger partial charge in [-0.3, -0.25) is 0 Å². The maximum atomic E-state index is 6.17. The van der Waals surface area contributed by atoms with Gasteiger partial charge in [-0.15, -0.1) is 0 Å². The van der Waals surface area contributed by atoms with Gasteiger partial charge in [0.2, 0.25) is 0 Å². The van der Waals surface area contributed by atoms with Crippen molar-refractivity contribution in [3.05, 3.63) is 29.8 Å². The highest BCUT2D eigenvalue weighted by atomic mass is 16.5. The normalized spacial score (nSPS) is 22.8. The smallest absolute Gasteiger partial charge is 0.0642 e. The summed E-state index contributed by atoms with van der Waals surface area (Å²) >= 11 is 0. The van der Waals surface area contributed by atoms with E-state index in [0.717, 1.165) is 32.8 Å². The van der Waals surface area contributed by atoms with E-state index >= 15 is 0 Å². The molecular formula is C17H26N2O. The molecule has 0 unspecified atom stereocenters. The van der Waals surface area contributed by atoms with Gasteiger partial charge in [0.15, 0.2) is 0 Å². The molecule has 20 heavy (non-hydrogen) atoms. The molecule has 3 nitrogen and oxygen atoms in total. The van der Waals surface area contributed by atoms with E-state index in [9.17, 15) is 0 Å². The van der Waals surface area contributed by atoms with Crippen molar-refractivity contribution in [1.82, 2.24) is 0 Å². The molecule has 2 fully saturated rings. The second-order valence-electron chi connectivity index (χ2n) is 6.19. The lowest BCUT2D eigenvalue weighted by molar-refractivity contribution is 0.122. The summed E-state index contributed by atoms with van der Waals surface area (Å²) in [6, 6.07) is 9.08. The summed E-state index contributed by atoms with van der Waals surface area (Å²) in [5, 5.41) is 0. The Bertz CT molecular complexity index is 434. The molecule has 0 spiro atoms. The second kappa shape index (κ2) is 6.15. The number of rotatable bonds is 3. The fraction of sp³-hybridized carbons (Fsp3) is 0.647. The molecule has 1 heterocycles. The van der Waals surface area contributed by atoms with Crippen molar-refractivity contribution in [2.45, 2.75) is 37.5 Å². The first-order valence-electron chi connectivity index (χ1n) is 7.97. The van der Waals surface area contributed by atoms with Gasteiger partial charge >= 0.3 is 0 Å². The van der Waals surface area contributed by atoms with Gasteiger partial charge in [0, 0.05) is 30.7 Å². The van der Waals surface area contributed by atoms with Crippen LogP contribution in [-0.4, -0.2) is 32.8 Å². The lowest BCUT2D eigenvalue weighted by Crippen LogP contribution is -2.38. The third-order valence-electron chi connectivity index (χ3n) is 5.04. The summed E-state index contributed by atoms with van der Waals surface area (Å²) in [7, 11) is 0. The predicted molar refractivity (Wildman–Crippen MR) is 83.3 cm³/mol. The van der Waals surface area contributed by atoms with E-state index in [1.54, 1.807) is 0 Å². The Kier molecular flexibility index (Phi) is 4.27. The van der Waals surface area contributed by atoms with Gasteiger partial charge in [0.05, 0.1) is 13.2 Å². The summed E-state index contributed by atoms with van der Waals surface area (Å²) in [5.74, 6) is 0. The number of morpholine rings is 1. The predicted octanol–water partition coefficient (Wildman–Crippen LogP) is 2.68. The van der Waals surface area contributed by atoms with Crippen LogP contribution in [0.2, 0.25) is 0 Å². The summed E-state index contributed by atoms with van der Waals surface area (Å²) < 4.78 is 5.45. The number of nitrogens with two attached hydrogens (primary N) is 1. The molecule has 0 radical (unpaired) electrons. The van der Waals surface area contributed by atoms with Gasteiger partial charge in [0.25, 0.3) is 0 Å². The van der Waals surface area contributed by atoms with Gasteiger partial charge in [-0.25, -0.2) is 0 Å². The van der Waals surface area contributed by atoms with Crippen LogP contribution in [0.1, 0.15) is 37.7 Å². The van der Waals surface area contributed by atoms with E-state index in [1.165, 1.54) is 43.4 Å². The van der Waals surface area contributed by atoms with Crippen molar-refractivity contribution in [2.24, 2.45) is 5.73 Å². The Hall–Kier alpha value is -1.06. The van der Waals surface area contributed by atoms with Gasteiger partial charge in [-0.05, 0) is 30.5 Å². The molecule has 0 amide bonds. The minimum atomic E-state index is 0.223. The average molecular weight is 274 g/mol. The van der Waals surface area contributed by atoms with Gasteiger partial charge in [0.1, 0.15) is 0 Å². The van der Waals surface area contributed by atoms with Crippen molar-refractivity contribution < 1.29 is 4.74 Å². The molecule has 110 valence electrons. The third-order valence-corrected chi connectivity index (χ3v) is 5.04. The zero-order valence-electron chi connectivity index (χ0n) is 12.3. The van der Waals surface area contributed by atoms with Gasteiger partial charge in [-0.2, -0.15) is 0 Å². The SMILES string of the molecule is NCC1(c2cccc(N3CCOCC3)c2)CCCCC1. The van der Waals surface area contributed by atoms with E-state index in [1.807, 2.05) is 0 Å². The summed E-state index contributed by atoms with van der Waals surface area (Å²) in [5.41, 5.74) is 9.17. The zero-order chi connectivity index (χ0) is 13.8. The maximum Gasteiger partial charge on any atom is 0.0642 e. The van der Waals surface area contributed by atoms with E-state index in [4.69, 9.17) is 10.5 Å². The summed E-state index contributed by atoms with van der Waals surface area (Å²) in [6.45, 7) is 4.45. The first-order chi connectivity index (χ1) is 9.84. The molecule has 0 atom stereocenters. The van der Waals surface area contributed by atoms with Crippen molar-refractivity contribution >= 4 is 5.69 Å². The van der Waals surface area contributed by atoms with Crippen LogP contribution in [0.5, 0.6) is 0 Å². The van der Waals surface area contributed by atoms with Crippen LogP contribution < -0.4 is 10.6 Å². The van der Waals surface area contributed by atoms with E-state index in [-0.39, 0.29) is 5.41 Å². The Morgan fingerprint density at radius 3 is 2.55 bits per heavy atom. The number of hydrogen-bond donors (Lipinski definition) is 1. The molecule has 1 aromatic rings. The Labute approximate surface area is 122 Å². The van der Waals surface area contributed by atoms with Gasteiger partial charge in [-0.1, -0.05) is 31.4 Å². The molecule has 1 aliphatic heterocycles. The zero-order valence-corrected chi connectivity index (χ0v) is 12.3. The summed E-state index contributed by atoms with van der Waals surface area (Å²) in [6.07, 6.45) is 6.50. The highest BCUT2D eigenvalue weighted by Crippen LogP contribution is 2.39. The molecule has 1 aliphatic carbocycles. The molecule has 0 bridgehead atoms. The van der Waals surface area contributed by atoms with Crippen LogP contribution in [-0.2, 0) is 10.2 Å². The van der Waals surface area contributed by atoms with E-state index in [0.29, 0.717) is 0 Å². The number of hydrogen-bond acceptors (Lipinski definition) is 3. The first-order valence-corrected chi connectivity index (χ1v) is 7.97. The number of anilines is 1. The van der Waals surface area contributed by atoms with Gasteiger partial charge < -0.3 is 15.4 Å². The van der Waals surface area contributed by atoms with E-state index in [2.05, 4.69) is 29.2 Å². The minimum absolute atomic E-state index is 0.223. The molecular weight excluding hydrogens is 248 g/mol. The second-order valence-corrected chi connectivity index (χ2v) is 6.19. The van der Waals surface area contributed by atoms with Crippen molar-refractivity contribution in [3.63, 3.8) is 0 Å². The first kappa shape index (κ1) is 13.9. The number of ether oxygens (including phenoxy) is 1. The van der Waals surface area contributed by atoms with Crippen LogP contribution in [0.3, 0.4) is 0 Å². The lowest BCUT2D eigenvalue weighted by atomic mass is 9.69. The minimum Gasteiger partial charge on any atom is -0.378 e. The van der Waals surface area contributed by atoms with Crippen molar-refractivity contribution in [2.75, 3.05) is 37.7 Å². The quantitative estimate of drug-likeness (QED) is 0.921. The molecule has 0 aromatic heterocycles. The van der Waals surface area contributed by atoms with Crippen molar-refractivity contribution in [3.8, 4) is 0 Å². The Morgan fingerprint density at radius 1 is 1.10 bits per heavy atom. The van der Waals surface area contributed by atoms with Crippen LogP contribution in [0.4, 0.5) is 5.69 Å². The molecule has 3 heteroatoms. The third kappa shape index (κ3) is 2.70. The summed E-state index contributed by atoms with van der Waals surface area (Å²) in [4.78, 5) is 2.43. The topological polar surface area (TPSA) is 38.5 Å². The van der Waals surface area contributed by atoms with E-state index < -0.39 is 0 Å². The molecule has 3 rings (SSSR count). The Balaban J connectivity index is 1.85. The number of nitrogens with zero attached hydrogens (tertiary/aromatic N) is 1. The Morgan fingerprint density at radius 2 is 1.85 bits per heavy atom. The average Bonchev–Trinajstić information content (AvgIpc) is 2.56. The molecule has 1 saturated heterocycles. The lowest BCUT2D eigenvalue weighted by Gasteiger charge is -2.38. The fourth-order valence-electron chi connectivity index (χ4n) is 3.69. The molecule has 2 N–H and O–H groups in total. The van der Waals surface area contributed by atoms with Crippen LogP contribution >= 0.6 is 0 Å².